The number of rotatable bonds is 5. The first-order chi connectivity index (χ1) is 6.67. The molecule has 0 aromatic rings. The Morgan fingerprint density at radius 1 is 1.36 bits per heavy atom. The minimum Gasteiger partial charge on any atom is -0.291 e. The van der Waals surface area contributed by atoms with Gasteiger partial charge in [0.1, 0.15) is 0 Å². The van der Waals surface area contributed by atoms with Gasteiger partial charge in [0.2, 0.25) is 0 Å². The summed E-state index contributed by atoms with van der Waals surface area (Å²) in [5.41, 5.74) is 0.426. The number of halogens is 1. The van der Waals surface area contributed by atoms with Crippen LogP contribution in [0.3, 0.4) is 0 Å². The molecule has 0 bridgehead atoms. The zero-order valence-electron chi connectivity index (χ0n) is 8.96. The highest BCUT2D eigenvalue weighted by atomic mass is 19.1. The van der Waals surface area contributed by atoms with E-state index < -0.39 is 12.0 Å². The molecule has 0 aromatic carbocycles. The van der Waals surface area contributed by atoms with Crippen LogP contribution in [-0.4, -0.2) is 12.0 Å². The van der Waals surface area contributed by atoms with Crippen LogP contribution in [0, 0.1) is 0 Å². The number of hydrogen-bond donors (Lipinski definition) is 0. The van der Waals surface area contributed by atoms with E-state index >= 15 is 0 Å². The predicted molar refractivity (Wildman–Crippen MR) is 57.9 cm³/mol. The summed E-state index contributed by atoms with van der Waals surface area (Å²) >= 11 is 0. The van der Waals surface area contributed by atoms with E-state index in [-0.39, 0.29) is 0 Å². The normalized spacial score (nSPS) is 15.3. The minimum absolute atomic E-state index is 0.426. The Kier molecular flexibility index (Phi) is 6.63. The monoisotopic (exact) mass is 196 g/mol. The molecule has 1 nitrogen and oxygen atoms in total. The average molecular weight is 196 g/mol. The highest BCUT2D eigenvalue weighted by Crippen LogP contribution is 2.11. The van der Waals surface area contributed by atoms with Crippen LogP contribution in [-0.2, 0) is 4.79 Å². The van der Waals surface area contributed by atoms with Crippen molar-refractivity contribution in [3.8, 4) is 0 Å². The van der Waals surface area contributed by atoms with Gasteiger partial charge in [0.25, 0.3) is 0 Å². The van der Waals surface area contributed by atoms with Gasteiger partial charge in [0.05, 0.1) is 0 Å². The third kappa shape index (κ3) is 4.17. The van der Waals surface area contributed by atoms with Gasteiger partial charge in [0, 0.05) is 0 Å². The molecule has 0 aromatic heterocycles. The van der Waals surface area contributed by atoms with E-state index in [2.05, 4.69) is 0 Å². The van der Waals surface area contributed by atoms with E-state index in [9.17, 15) is 9.18 Å². The van der Waals surface area contributed by atoms with Gasteiger partial charge in [-0.15, -0.1) is 0 Å². The molecule has 78 valence electrons. The van der Waals surface area contributed by atoms with Crippen LogP contribution in [0.25, 0.3) is 0 Å². The molecule has 0 saturated carbocycles. The average Bonchev–Trinajstić information content (AvgIpc) is 2.19. The second-order valence-electron chi connectivity index (χ2n) is 2.86. The SMILES string of the molecule is C/C=C/C(=O)C(F)C(/C=C\CC)=C/C. The van der Waals surface area contributed by atoms with Crippen molar-refractivity contribution in [2.24, 2.45) is 0 Å². The number of hydrogen-bond acceptors (Lipinski definition) is 1. The van der Waals surface area contributed by atoms with Crippen molar-refractivity contribution >= 4 is 5.78 Å². The number of ketones is 1. The second kappa shape index (κ2) is 7.25. The summed E-state index contributed by atoms with van der Waals surface area (Å²) < 4.78 is 13.5. The predicted octanol–water partition coefficient (Wildman–Crippen LogP) is 3.38. The summed E-state index contributed by atoms with van der Waals surface area (Å²) in [6.07, 6.45) is 7.23. The zero-order chi connectivity index (χ0) is 11.0. The Bertz CT molecular complexity index is 261. The quantitative estimate of drug-likeness (QED) is 0.486. The van der Waals surface area contributed by atoms with Crippen LogP contribution in [0.2, 0.25) is 0 Å². The summed E-state index contributed by atoms with van der Waals surface area (Å²) in [6, 6.07) is 0. The molecule has 14 heavy (non-hydrogen) atoms. The number of carbonyl (C=O) groups is 1. The largest absolute Gasteiger partial charge is 0.291 e. The molecule has 0 saturated heterocycles. The minimum atomic E-state index is -1.53. The molecular weight excluding hydrogens is 179 g/mol. The molecule has 0 aliphatic rings. The number of carbonyl (C=O) groups excluding carboxylic acids is 1. The van der Waals surface area contributed by atoms with Crippen LogP contribution in [0.4, 0.5) is 4.39 Å². The lowest BCUT2D eigenvalue weighted by atomic mass is 10.1. The Hall–Kier alpha value is -1.18. The molecule has 0 amide bonds. The van der Waals surface area contributed by atoms with E-state index in [1.165, 1.54) is 6.08 Å². The van der Waals surface area contributed by atoms with E-state index in [4.69, 9.17) is 0 Å². The third-order valence-electron chi connectivity index (χ3n) is 1.75. The summed E-state index contributed by atoms with van der Waals surface area (Å²) in [5, 5.41) is 0. The standard InChI is InChI=1S/C12H17FO/c1-4-7-9-10(6-3)12(13)11(14)8-5-2/h5-9,12H,4H2,1-3H3/b8-5+,9-7-,10-6+. The topological polar surface area (TPSA) is 17.1 Å². The smallest absolute Gasteiger partial charge is 0.193 e. The van der Waals surface area contributed by atoms with Crippen molar-refractivity contribution in [1.82, 2.24) is 0 Å². The Labute approximate surface area is 85.0 Å². The highest BCUT2D eigenvalue weighted by Gasteiger charge is 2.16. The molecule has 0 rings (SSSR count). The molecule has 0 radical (unpaired) electrons. The molecule has 0 spiro atoms. The summed E-state index contributed by atoms with van der Waals surface area (Å²) in [5.74, 6) is -0.499. The maximum atomic E-state index is 13.5. The molecule has 0 fully saturated rings. The molecule has 0 aliphatic carbocycles. The van der Waals surface area contributed by atoms with Crippen molar-refractivity contribution in [3.63, 3.8) is 0 Å². The zero-order valence-corrected chi connectivity index (χ0v) is 8.96. The van der Waals surface area contributed by atoms with Crippen molar-refractivity contribution in [3.05, 3.63) is 36.0 Å². The molecule has 0 aliphatic heterocycles. The lowest BCUT2D eigenvalue weighted by Gasteiger charge is -2.04. The fourth-order valence-electron chi connectivity index (χ4n) is 0.994. The summed E-state index contributed by atoms with van der Waals surface area (Å²) in [6.45, 7) is 5.39. The maximum absolute atomic E-state index is 13.5. The van der Waals surface area contributed by atoms with Gasteiger partial charge in [-0.05, 0) is 31.9 Å². The number of alkyl halides is 1. The highest BCUT2D eigenvalue weighted by molar-refractivity contribution is 5.96. The van der Waals surface area contributed by atoms with Crippen molar-refractivity contribution < 1.29 is 9.18 Å². The van der Waals surface area contributed by atoms with Gasteiger partial charge >= 0.3 is 0 Å². The first-order valence-corrected chi connectivity index (χ1v) is 4.80. The van der Waals surface area contributed by atoms with Gasteiger partial charge in [-0.3, -0.25) is 4.79 Å². The lowest BCUT2D eigenvalue weighted by Crippen LogP contribution is -2.14. The van der Waals surface area contributed by atoms with Crippen molar-refractivity contribution in [2.75, 3.05) is 0 Å². The Morgan fingerprint density at radius 2 is 2.00 bits per heavy atom. The first kappa shape index (κ1) is 12.8. The molecule has 0 heterocycles. The van der Waals surface area contributed by atoms with Crippen molar-refractivity contribution in [2.45, 2.75) is 33.4 Å². The van der Waals surface area contributed by atoms with Crippen LogP contribution >= 0.6 is 0 Å². The van der Waals surface area contributed by atoms with Crippen LogP contribution in [0.5, 0.6) is 0 Å². The third-order valence-corrected chi connectivity index (χ3v) is 1.75. The molecule has 1 unspecified atom stereocenters. The summed E-state index contributed by atoms with van der Waals surface area (Å²) in [4.78, 5) is 11.2. The van der Waals surface area contributed by atoms with Crippen LogP contribution < -0.4 is 0 Å². The lowest BCUT2D eigenvalue weighted by molar-refractivity contribution is -0.117. The fraction of sp³-hybridized carbons (Fsp3) is 0.417. The molecule has 0 N–H and O–H groups in total. The van der Waals surface area contributed by atoms with E-state index in [0.717, 1.165) is 6.42 Å². The van der Waals surface area contributed by atoms with Gasteiger partial charge < -0.3 is 0 Å². The van der Waals surface area contributed by atoms with Gasteiger partial charge in [-0.2, -0.15) is 0 Å². The summed E-state index contributed by atoms with van der Waals surface area (Å²) in [7, 11) is 0. The fourth-order valence-corrected chi connectivity index (χ4v) is 0.994. The van der Waals surface area contributed by atoms with E-state index in [1.54, 1.807) is 32.1 Å². The molecule has 1 atom stereocenters. The van der Waals surface area contributed by atoms with E-state index in [1.807, 2.05) is 13.0 Å². The first-order valence-electron chi connectivity index (χ1n) is 4.80. The van der Waals surface area contributed by atoms with Crippen LogP contribution in [0.15, 0.2) is 36.0 Å². The molecular formula is C12H17FO. The van der Waals surface area contributed by atoms with Gasteiger partial charge in [-0.25, -0.2) is 4.39 Å². The Morgan fingerprint density at radius 3 is 2.43 bits per heavy atom. The maximum Gasteiger partial charge on any atom is 0.193 e. The second-order valence-corrected chi connectivity index (χ2v) is 2.86. The van der Waals surface area contributed by atoms with Crippen molar-refractivity contribution in [1.29, 1.82) is 0 Å². The van der Waals surface area contributed by atoms with Gasteiger partial charge in [0.15, 0.2) is 12.0 Å². The Balaban J connectivity index is 4.55. The van der Waals surface area contributed by atoms with E-state index in [0.29, 0.717) is 5.57 Å². The van der Waals surface area contributed by atoms with Crippen LogP contribution in [0.1, 0.15) is 27.2 Å². The molecule has 2 heteroatoms. The van der Waals surface area contributed by atoms with Gasteiger partial charge in [-0.1, -0.05) is 31.2 Å². The number of allylic oxidation sites excluding steroid dienone is 6.